The van der Waals surface area contributed by atoms with Crippen molar-refractivity contribution in [2.75, 3.05) is 33.9 Å². The van der Waals surface area contributed by atoms with Crippen molar-refractivity contribution in [1.29, 1.82) is 0 Å². The molecule has 6 heteroatoms. The Balaban J connectivity index is 0.00000220. The predicted molar refractivity (Wildman–Crippen MR) is 96.0 cm³/mol. The molecule has 1 aliphatic rings. The zero-order valence-electron chi connectivity index (χ0n) is 12.6. The molecule has 0 heterocycles. The number of aliphatic imine (C=N–C) groups is 1. The first-order chi connectivity index (χ1) is 9.81. The molecule has 118 valence electrons. The SMILES string of the molecule is CN=C(NCCOc1ccc(OC)cc1)NCC1CC1.I. The number of hydrogen-bond donors (Lipinski definition) is 2. The zero-order chi connectivity index (χ0) is 14.2. The number of halogens is 1. The van der Waals surface area contributed by atoms with Crippen LogP contribution >= 0.6 is 24.0 Å². The van der Waals surface area contributed by atoms with Crippen LogP contribution in [0.5, 0.6) is 11.5 Å². The van der Waals surface area contributed by atoms with E-state index in [0.29, 0.717) is 6.61 Å². The van der Waals surface area contributed by atoms with Gasteiger partial charge in [-0.2, -0.15) is 0 Å². The quantitative estimate of drug-likeness (QED) is 0.316. The third-order valence-electron chi connectivity index (χ3n) is 3.20. The lowest BCUT2D eigenvalue weighted by atomic mass is 10.3. The molecule has 1 aliphatic carbocycles. The molecule has 2 rings (SSSR count). The third-order valence-corrected chi connectivity index (χ3v) is 3.20. The van der Waals surface area contributed by atoms with Gasteiger partial charge in [0.05, 0.1) is 13.7 Å². The lowest BCUT2D eigenvalue weighted by Gasteiger charge is -2.12. The standard InChI is InChI=1S/C15H23N3O2.HI/c1-16-15(18-11-12-3-4-12)17-9-10-20-14-7-5-13(19-2)6-8-14;/h5-8,12H,3-4,9-11H2,1-2H3,(H2,16,17,18);1H. The lowest BCUT2D eigenvalue weighted by Crippen LogP contribution is -2.40. The summed E-state index contributed by atoms with van der Waals surface area (Å²) in [4.78, 5) is 4.18. The summed E-state index contributed by atoms with van der Waals surface area (Å²) in [6, 6.07) is 7.58. The maximum atomic E-state index is 5.64. The summed E-state index contributed by atoms with van der Waals surface area (Å²) in [6.45, 7) is 2.33. The predicted octanol–water partition coefficient (Wildman–Crippen LogP) is 2.27. The summed E-state index contributed by atoms with van der Waals surface area (Å²) in [5.74, 6) is 3.35. The van der Waals surface area contributed by atoms with E-state index in [4.69, 9.17) is 9.47 Å². The Morgan fingerprint density at radius 2 is 1.86 bits per heavy atom. The van der Waals surface area contributed by atoms with E-state index in [9.17, 15) is 0 Å². The molecule has 5 nitrogen and oxygen atoms in total. The van der Waals surface area contributed by atoms with E-state index in [1.807, 2.05) is 24.3 Å². The van der Waals surface area contributed by atoms with Crippen LogP contribution in [0, 0.1) is 5.92 Å². The minimum Gasteiger partial charge on any atom is -0.497 e. The second-order valence-electron chi connectivity index (χ2n) is 4.85. The van der Waals surface area contributed by atoms with Crippen LogP contribution in [-0.4, -0.2) is 39.8 Å². The summed E-state index contributed by atoms with van der Waals surface area (Å²) in [5.41, 5.74) is 0. The Morgan fingerprint density at radius 1 is 1.19 bits per heavy atom. The van der Waals surface area contributed by atoms with Gasteiger partial charge in [-0.3, -0.25) is 4.99 Å². The molecule has 0 unspecified atom stereocenters. The summed E-state index contributed by atoms with van der Waals surface area (Å²) < 4.78 is 10.7. The minimum absolute atomic E-state index is 0. The van der Waals surface area contributed by atoms with E-state index in [1.54, 1.807) is 14.2 Å². The maximum Gasteiger partial charge on any atom is 0.191 e. The van der Waals surface area contributed by atoms with Crippen molar-refractivity contribution in [3.63, 3.8) is 0 Å². The van der Waals surface area contributed by atoms with Gasteiger partial charge in [-0.05, 0) is 43.0 Å². The molecular weight excluding hydrogens is 381 g/mol. The highest BCUT2D eigenvalue weighted by Gasteiger charge is 2.20. The molecule has 0 atom stereocenters. The largest absolute Gasteiger partial charge is 0.497 e. The number of rotatable bonds is 7. The highest BCUT2D eigenvalue weighted by molar-refractivity contribution is 14.0. The fraction of sp³-hybridized carbons (Fsp3) is 0.533. The number of methoxy groups -OCH3 is 1. The fourth-order valence-electron chi connectivity index (χ4n) is 1.79. The number of nitrogens with one attached hydrogen (secondary N) is 2. The van der Waals surface area contributed by atoms with Gasteiger partial charge in [0, 0.05) is 13.6 Å². The van der Waals surface area contributed by atoms with Crippen LogP contribution in [0.4, 0.5) is 0 Å². The van der Waals surface area contributed by atoms with Crippen LogP contribution < -0.4 is 20.1 Å². The van der Waals surface area contributed by atoms with E-state index >= 15 is 0 Å². The summed E-state index contributed by atoms with van der Waals surface area (Å²) >= 11 is 0. The number of guanidine groups is 1. The smallest absolute Gasteiger partial charge is 0.191 e. The van der Waals surface area contributed by atoms with Crippen LogP contribution in [0.2, 0.25) is 0 Å². The fourth-order valence-corrected chi connectivity index (χ4v) is 1.79. The molecule has 1 fully saturated rings. The molecule has 21 heavy (non-hydrogen) atoms. The Morgan fingerprint density at radius 3 is 2.43 bits per heavy atom. The highest BCUT2D eigenvalue weighted by atomic mass is 127. The van der Waals surface area contributed by atoms with Crippen molar-refractivity contribution < 1.29 is 9.47 Å². The van der Waals surface area contributed by atoms with Crippen molar-refractivity contribution in [1.82, 2.24) is 10.6 Å². The molecule has 0 radical (unpaired) electrons. The van der Waals surface area contributed by atoms with Crippen LogP contribution in [-0.2, 0) is 0 Å². The molecule has 1 saturated carbocycles. The van der Waals surface area contributed by atoms with Crippen LogP contribution in [0.1, 0.15) is 12.8 Å². The highest BCUT2D eigenvalue weighted by Crippen LogP contribution is 2.27. The zero-order valence-corrected chi connectivity index (χ0v) is 14.9. The minimum atomic E-state index is 0. The second kappa shape index (κ2) is 9.70. The Bertz CT molecular complexity index is 433. The van der Waals surface area contributed by atoms with Gasteiger partial charge in [0.15, 0.2) is 5.96 Å². The lowest BCUT2D eigenvalue weighted by molar-refractivity contribution is 0.321. The number of benzene rings is 1. The normalized spacial score (nSPS) is 14.1. The number of hydrogen-bond acceptors (Lipinski definition) is 3. The van der Waals surface area contributed by atoms with Crippen molar-refractivity contribution in [3.8, 4) is 11.5 Å². The molecular formula is C15H24IN3O2. The monoisotopic (exact) mass is 405 g/mol. The van der Waals surface area contributed by atoms with E-state index in [1.165, 1.54) is 12.8 Å². The first kappa shape index (κ1) is 17.9. The van der Waals surface area contributed by atoms with Gasteiger partial charge in [-0.15, -0.1) is 24.0 Å². The molecule has 1 aromatic carbocycles. The molecule has 2 N–H and O–H groups in total. The third kappa shape index (κ3) is 6.88. The Labute approximate surface area is 143 Å². The van der Waals surface area contributed by atoms with Crippen LogP contribution in [0.25, 0.3) is 0 Å². The van der Waals surface area contributed by atoms with Crippen molar-refractivity contribution >= 4 is 29.9 Å². The first-order valence-electron chi connectivity index (χ1n) is 7.03. The van der Waals surface area contributed by atoms with Crippen molar-refractivity contribution in [2.45, 2.75) is 12.8 Å². The molecule has 0 saturated heterocycles. The van der Waals surface area contributed by atoms with Gasteiger partial charge in [-0.25, -0.2) is 0 Å². The topological polar surface area (TPSA) is 54.9 Å². The molecule has 0 aliphatic heterocycles. The Hall–Kier alpha value is -1.18. The summed E-state index contributed by atoms with van der Waals surface area (Å²) in [7, 11) is 3.44. The first-order valence-corrected chi connectivity index (χ1v) is 7.03. The maximum absolute atomic E-state index is 5.64. The molecule has 0 spiro atoms. The molecule has 0 bridgehead atoms. The molecule has 1 aromatic rings. The number of nitrogens with zero attached hydrogens (tertiary/aromatic N) is 1. The van der Waals surface area contributed by atoms with E-state index in [-0.39, 0.29) is 24.0 Å². The molecule has 0 amide bonds. The summed E-state index contributed by atoms with van der Waals surface area (Å²) in [6.07, 6.45) is 2.68. The van der Waals surface area contributed by atoms with Gasteiger partial charge >= 0.3 is 0 Å². The van der Waals surface area contributed by atoms with Crippen molar-refractivity contribution in [3.05, 3.63) is 24.3 Å². The van der Waals surface area contributed by atoms with Crippen LogP contribution in [0.3, 0.4) is 0 Å². The van der Waals surface area contributed by atoms with Gasteiger partial charge < -0.3 is 20.1 Å². The van der Waals surface area contributed by atoms with Gasteiger partial charge in [0.1, 0.15) is 18.1 Å². The summed E-state index contributed by atoms with van der Waals surface area (Å²) in [5, 5.41) is 6.55. The average Bonchev–Trinajstić information content (AvgIpc) is 3.31. The van der Waals surface area contributed by atoms with Crippen molar-refractivity contribution in [2.24, 2.45) is 10.9 Å². The van der Waals surface area contributed by atoms with Gasteiger partial charge in [0.25, 0.3) is 0 Å². The Kier molecular flexibility index (Phi) is 8.26. The van der Waals surface area contributed by atoms with Gasteiger partial charge in [-0.1, -0.05) is 0 Å². The number of ether oxygens (including phenoxy) is 2. The second-order valence-corrected chi connectivity index (χ2v) is 4.85. The molecule has 0 aromatic heterocycles. The van der Waals surface area contributed by atoms with E-state index < -0.39 is 0 Å². The van der Waals surface area contributed by atoms with Crippen LogP contribution in [0.15, 0.2) is 29.3 Å². The van der Waals surface area contributed by atoms with E-state index in [2.05, 4.69) is 15.6 Å². The average molecular weight is 405 g/mol. The van der Waals surface area contributed by atoms with Gasteiger partial charge in [0.2, 0.25) is 0 Å². The van der Waals surface area contributed by atoms with E-state index in [0.717, 1.165) is 36.5 Å².